The van der Waals surface area contributed by atoms with Crippen LogP contribution in [-0.2, 0) is 0 Å². The maximum Gasteiger partial charge on any atom is 0.145 e. The largest absolute Gasteiger partial charge is 0.386 e. The number of unbranched alkanes of at least 4 members (excludes halogenated alkanes) is 11. The summed E-state index contributed by atoms with van der Waals surface area (Å²) in [6.07, 6.45) is 22.1. The van der Waals surface area contributed by atoms with Gasteiger partial charge in [-0.15, -0.1) is 21.5 Å². The molecule has 0 saturated heterocycles. The Balaban J connectivity index is 1.79. The summed E-state index contributed by atoms with van der Waals surface area (Å²) in [7, 11) is 0. The van der Waals surface area contributed by atoms with Gasteiger partial charge in [-0.1, -0.05) is 76.9 Å². The Bertz CT molecular complexity index is 392. The fourth-order valence-corrected chi connectivity index (χ4v) is 3.43. The molecule has 0 spiro atoms. The number of nitrogens with zero attached hydrogens (tertiary/aromatic N) is 2. The lowest BCUT2D eigenvalue weighted by Crippen LogP contribution is -1.96. The fourth-order valence-electron chi connectivity index (χ4n) is 2.86. The van der Waals surface area contributed by atoms with E-state index < -0.39 is 6.10 Å². The molecule has 1 atom stereocenters. The number of hydrogen-bond donors (Lipinski definition) is 1. The van der Waals surface area contributed by atoms with Gasteiger partial charge in [-0.2, -0.15) is 0 Å². The Morgan fingerprint density at radius 1 is 0.917 bits per heavy atom. The summed E-state index contributed by atoms with van der Waals surface area (Å²) in [4.78, 5) is 0. The molecule has 4 heteroatoms. The van der Waals surface area contributed by atoms with E-state index in [0.717, 1.165) is 17.8 Å². The van der Waals surface area contributed by atoms with Gasteiger partial charge in [0.1, 0.15) is 16.6 Å². The van der Waals surface area contributed by atoms with Crippen molar-refractivity contribution in [3.63, 3.8) is 0 Å². The van der Waals surface area contributed by atoms with Crippen LogP contribution in [0.15, 0.2) is 17.7 Å². The van der Waals surface area contributed by atoms with Crippen LogP contribution in [0.1, 0.15) is 108 Å². The van der Waals surface area contributed by atoms with E-state index in [1.165, 1.54) is 88.4 Å². The minimum atomic E-state index is -0.414. The van der Waals surface area contributed by atoms with Crippen molar-refractivity contribution in [2.24, 2.45) is 0 Å². The van der Waals surface area contributed by atoms with E-state index in [2.05, 4.69) is 29.3 Å². The Morgan fingerprint density at radius 3 is 2.08 bits per heavy atom. The molecule has 0 aliphatic carbocycles. The Hall–Kier alpha value is -0.740. The minimum Gasteiger partial charge on any atom is -0.386 e. The molecule has 0 aliphatic heterocycles. The summed E-state index contributed by atoms with van der Waals surface area (Å²) in [5.74, 6) is 0. The predicted molar refractivity (Wildman–Crippen MR) is 104 cm³/mol. The lowest BCUT2D eigenvalue weighted by atomic mass is 10.1. The highest BCUT2D eigenvalue weighted by atomic mass is 32.1. The first-order valence-corrected chi connectivity index (χ1v) is 10.8. The lowest BCUT2D eigenvalue weighted by molar-refractivity contribution is 0.162. The van der Waals surface area contributed by atoms with Crippen LogP contribution in [0.5, 0.6) is 0 Å². The summed E-state index contributed by atoms with van der Waals surface area (Å²) in [5.41, 5.74) is 1.68. The number of aromatic nitrogens is 2. The molecule has 0 fully saturated rings. The van der Waals surface area contributed by atoms with Crippen molar-refractivity contribution in [1.82, 2.24) is 10.2 Å². The number of allylic oxidation sites excluding steroid dienone is 2. The number of aliphatic hydroxyl groups excluding tert-OH is 1. The summed E-state index contributed by atoms with van der Waals surface area (Å²) in [6, 6.07) is 0. The molecule has 1 N–H and O–H groups in total. The Morgan fingerprint density at radius 2 is 1.50 bits per heavy atom. The molecule has 1 aromatic rings. The van der Waals surface area contributed by atoms with Crippen molar-refractivity contribution in [3.05, 3.63) is 22.7 Å². The van der Waals surface area contributed by atoms with Crippen LogP contribution in [0.2, 0.25) is 0 Å². The van der Waals surface area contributed by atoms with Gasteiger partial charge in [0.25, 0.3) is 0 Å². The number of rotatable bonds is 16. The first kappa shape index (κ1) is 21.3. The van der Waals surface area contributed by atoms with Crippen molar-refractivity contribution in [3.8, 4) is 0 Å². The maximum atomic E-state index is 9.91. The van der Waals surface area contributed by atoms with Gasteiger partial charge in [-0.05, 0) is 32.1 Å². The zero-order valence-corrected chi connectivity index (χ0v) is 16.3. The van der Waals surface area contributed by atoms with Gasteiger partial charge in [0.05, 0.1) is 0 Å². The fraction of sp³-hybridized carbons (Fsp3) is 0.800. The van der Waals surface area contributed by atoms with Crippen LogP contribution in [0, 0.1) is 0 Å². The molecule has 1 rings (SSSR count). The third-order valence-electron chi connectivity index (χ3n) is 4.40. The van der Waals surface area contributed by atoms with Crippen LogP contribution in [0.3, 0.4) is 0 Å². The number of aliphatic hydroxyl groups is 1. The zero-order chi connectivity index (χ0) is 17.3. The normalized spacial score (nSPS) is 12.9. The second-order valence-electron chi connectivity index (χ2n) is 6.67. The Labute approximate surface area is 152 Å². The molecule has 1 aromatic heterocycles. The molecular formula is C20H36N2OS. The SMILES string of the molecule is CCCCCCCC/C=C\CCCCCCCC(O)c1nncs1. The van der Waals surface area contributed by atoms with Gasteiger partial charge < -0.3 is 5.11 Å². The van der Waals surface area contributed by atoms with Gasteiger partial charge in [0, 0.05) is 0 Å². The van der Waals surface area contributed by atoms with Crippen molar-refractivity contribution >= 4 is 11.3 Å². The topological polar surface area (TPSA) is 46.0 Å². The zero-order valence-electron chi connectivity index (χ0n) is 15.5. The second kappa shape index (κ2) is 15.8. The smallest absolute Gasteiger partial charge is 0.145 e. The maximum absolute atomic E-state index is 9.91. The molecule has 0 bridgehead atoms. The molecule has 1 unspecified atom stereocenters. The molecular weight excluding hydrogens is 316 g/mol. The molecule has 1 heterocycles. The van der Waals surface area contributed by atoms with Gasteiger partial charge >= 0.3 is 0 Å². The summed E-state index contributed by atoms with van der Waals surface area (Å²) < 4.78 is 0. The molecule has 0 amide bonds. The van der Waals surface area contributed by atoms with E-state index in [1.807, 2.05) is 0 Å². The van der Waals surface area contributed by atoms with E-state index in [0.29, 0.717) is 0 Å². The van der Waals surface area contributed by atoms with E-state index >= 15 is 0 Å². The molecule has 0 aromatic carbocycles. The van der Waals surface area contributed by atoms with Crippen LogP contribution < -0.4 is 0 Å². The van der Waals surface area contributed by atoms with Crippen molar-refractivity contribution in [1.29, 1.82) is 0 Å². The lowest BCUT2D eigenvalue weighted by Gasteiger charge is -2.06. The van der Waals surface area contributed by atoms with Crippen LogP contribution in [-0.4, -0.2) is 15.3 Å². The third kappa shape index (κ3) is 11.7. The highest BCUT2D eigenvalue weighted by Crippen LogP contribution is 2.21. The number of hydrogen-bond acceptors (Lipinski definition) is 4. The highest BCUT2D eigenvalue weighted by molar-refractivity contribution is 7.09. The van der Waals surface area contributed by atoms with Gasteiger partial charge in [-0.3, -0.25) is 0 Å². The van der Waals surface area contributed by atoms with E-state index in [9.17, 15) is 5.11 Å². The second-order valence-corrected chi connectivity index (χ2v) is 7.53. The van der Waals surface area contributed by atoms with E-state index in [4.69, 9.17) is 0 Å². The quantitative estimate of drug-likeness (QED) is 0.269. The first-order valence-electron chi connectivity index (χ1n) is 9.93. The van der Waals surface area contributed by atoms with E-state index in [-0.39, 0.29) is 0 Å². The molecule has 0 saturated carbocycles. The van der Waals surface area contributed by atoms with Gasteiger partial charge in [-0.25, -0.2) is 0 Å². The molecule has 0 radical (unpaired) electrons. The van der Waals surface area contributed by atoms with Gasteiger partial charge in [0.2, 0.25) is 0 Å². The van der Waals surface area contributed by atoms with Crippen molar-refractivity contribution < 1.29 is 5.11 Å². The van der Waals surface area contributed by atoms with E-state index in [1.54, 1.807) is 5.51 Å². The van der Waals surface area contributed by atoms with Crippen LogP contribution in [0.25, 0.3) is 0 Å². The minimum absolute atomic E-state index is 0.414. The average Bonchev–Trinajstić information content (AvgIpc) is 3.13. The predicted octanol–water partition coefficient (Wildman–Crippen LogP) is 6.61. The average molecular weight is 353 g/mol. The summed E-state index contributed by atoms with van der Waals surface area (Å²) >= 11 is 1.44. The van der Waals surface area contributed by atoms with Crippen LogP contribution >= 0.6 is 11.3 Å². The molecule has 0 aliphatic rings. The Kier molecular flexibility index (Phi) is 14.0. The van der Waals surface area contributed by atoms with Crippen molar-refractivity contribution in [2.45, 2.75) is 103 Å². The first-order chi connectivity index (χ1) is 11.8. The highest BCUT2D eigenvalue weighted by Gasteiger charge is 2.09. The molecule has 138 valence electrons. The van der Waals surface area contributed by atoms with Gasteiger partial charge in [0.15, 0.2) is 0 Å². The third-order valence-corrected chi connectivity index (χ3v) is 5.20. The molecule has 24 heavy (non-hydrogen) atoms. The summed E-state index contributed by atoms with van der Waals surface area (Å²) in [6.45, 7) is 2.27. The monoisotopic (exact) mass is 352 g/mol. The summed E-state index contributed by atoms with van der Waals surface area (Å²) in [5, 5.41) is 18.3. The molecule has 3 nitrogen and oxygen atoms in total. The van der Waals surface area contributed by atoms with Crippen LogP contribution in [0.4, 0.5) is 0 Å². The standard InChI is InChI=1S/C20H36N2OS/c1-2-3-4-5-6-7-8-9-10-11-12-13-14-15-16-17-19(23)20-22-21-18-24-20/h9-10,18-19,23H,2-8,11-17H2,1H3/b10-9-. The van der Waals surface area contributed by atoms with Crippen molar-refractivity contribution in [2.75, 3.05) is 0 Å².